The lowest BCUT2D eigenvalue weighted by Gasteiger charge is -2.10. The number of anilines is 1. The fourth-order valence-electron chi connectivity index (χ4n) is 2.44. The molecule has 0 aliphatic rings. The summed E-state index contributed by atoms with van der Waals surface area (Å²) in [5, 5.41) is 6.78. The maximum Gasteiger partial charge on any atom is 0.273 e. The predicted octanol–water partition coefficient (Wildman–Crippen LogP) is 5.07. The summed E-state index contributed by atoms with van der Waals surface area (Å²) in [5.41, 5.74) is 4.59. The summed E-state index contributed by atoms with van der Waals surface area (Å²) < 4.78 is 1.75. The van der Waals surface area contributed by atoms with Crippen LogP contribution in [-0.4, -0.2) is 18.0 Å². The number of benzene rings is 3. The Labute approximate surface area is 184 Å². The van der Waals surface area contributed by atoms with Crippen LogP contribution in [0.25, 0.3) is 0 Å². The van der Waals surface area contributed by atoms with Crippen molar-refractivity contribution in [3.8, 4) is 0 Å². The molecule has 5 nitrogen and oxygen atoms in total. The fraction of sp³-hybridized carbons (Fsp3) is 0. The van der Waals surface area contributed by atoms with Gasteiger partial charge in [0.05, 0.1) is 23.0 Å². The van der Waals surface area contributed by atoms with Gasteiger partial charge in [-0.2, -0.15) is 5.10 Å². The van der Waals surface area contributed by atoms with Crippen molar-refractivity contribution >= 4 is 62.2 Å². The summed E-state index contributed by atoms with van der Waals surface area (Å²) in [5.74, 6) is -0.722. The zero-order valence-corrected chi connectivity index (χ0v) is 18.3. The van der Waals surface area contributed by atoms with Crippen LogP contribution in [0.3, 0.4) is 0 Å². The van der Waals surface area contributed by atoms with Crippen molar-refractivity contribution < 1.29 is 9.59 Å². The SMILES string of the molecule is O=C(Nc1ccccc1C(=O)NN=Cc1cccc(I)c1)c1ccccc1Br. The molecule has 0 fully saturated rings. The number of carbonyl (C=O) groups excluding carboxylic acids is 2. The molecule has 3 aromatic rings. The van der Waals surface area contributed by atoms with E-state index in [4.69, 9.17) is 0 Å². The van der Waals surface area contributed by atoms with Gasteiger partial charge < -0.3 is 5.32 Å². The van der Waals surface area contributed by atoms with Gasteiger partial charge in [-0.1, -0.05) is 36.4 Å². The first-order chi connectivity index (χ1) is 13.5. The molecule has 2 amide bonds. The van der Waals surface area contributed by atoms with E-state index in [2.05, 4.69) is 54.4 Å². The first-order valence-electron chi connectivity index (χ1n) is 8.28. The van der Waals surface area contributed by atoms with Crippen LogP contribution in [0.4, 0.5) is 5.69 Å². The molecule has 0 aromatic heterocycles. The number of halogens is 2. The van der Waals surface area contributed by atoms with Crippen molar-refractivity contribution in [3.63, 3.8) is 0 Å². The van der Waals surface area contributed by atoms with Gasteiger partial charge in [0.1, 0.15) is 0 Å². The number of hydrogen-bond donors (Lipinski definition) is 2. The van der Waals surface area contributed by atoms with Crippen molar-refractivity contribution in [1.29, 1.82) is 0 Å². The van der Waals surface area contributed by atoms with E-state index < -0.39 is 5.91 Å². The van der Waals surface area contributed by atoms with Gasteiger partial charge >= 0.3 is 0 Å². The normalized spacial score (nSPS) is 10.6. The molecule has 0 saturated carbocycles. The van der Waals surface area contributed by atoms with Gasteiger partial charge in [0.2, 0.25) is 0 Å². The lowest BCUT2D eigenvalue weighted by atomic mass is 10.1. The molecule has 0 atom stereocenters. The van der Waals surface area contributed by atoms with Crippen molar-refractivity contribution in [2.75, 3.05) is 5.32 Å². The second kappa shape index (κ2) is 9.61. The smallest absolute Gasteiger partial charge is 0.273 e. The van der Waals surface area contributed by atoms with E-state index in [1.165, 1.54) is 0 Å². The lowest BCUT2D eigenvalue weighted by Crippen LogP contribution is -2.21. The third-order valence-corrected chi connectivity index (χ3v) is 5.13. The number of nitrogens with zero attached hydrogens (tertiary/aromatic N) is 1. The summed E-state index contributed by atoms with van der Waals surface area (Å²) in [6.07, 6.45) is 1.57. The van der Waals surface area contributed by atoms with Crippen LogP contribution in [0, 0.1) is 3.57 Å². The van der Waals surface area contributed by atoms with Gasteiger partial charge in [-0.25, -0.2) is 5.43 Å². The van der Waals surface area contributed by atoms with Gasteiger partial charge in [0.15, 0.2) is 0 Å². The Morgan fingerprint density at radius 1 is 0.893 bits per heavy atom. The Morgan fingerprint density at radius 3 is 2.36 bits per heavy atom. The van der Waals surface area contributed by atoms with Crippen LogP contribution in [0.15, 0.2) is 82.4 Å². The minimum Gasteiger partial charge on any atom is -0.321 e. The zero-order valence-electron chi connectivity index (χ0n) is 14.5. The average molecular weight is 548 g/mol. The Bertz CT molecular complexity index is 1050. The maximum atomic E-state index is 12.5. The monoisotopic (exact) mass is 547 g/mol. The van der Waals surface area contributed by atoms with Gasteiger partial charge in [-0.3, -0.25) is 9.59 Å². The van der Waals surface area contributed by atoms with E-state index in [1.807, 2.05) is 30.3 Å². The summed E-state index contributed by atoms with van der Waals surface area (Å²) >= 11 is 5.57. The molecule has 3 rings (SSSR count). The first kappa shape index (κ1) is 20.2. The second-order valence-electron chi connectivity index (χ2n) is 5.73. The number of para-hydroxylation sites is 1. The van der Waals surface area contributed by atoms with E-state index in [-0.39, 0.29) is 5.91 Å². The first-order valence-corrected chi connectivity index (χ1v) is 10.2. The Kier molecular flexibility index (Phi) is 6.94. The minimum absolute atomic E-state index is 0.310. The van der Waals surface area contributed by atoms with Crippen LogP contribution in [0.1, 0.15) is 26.3 Å². The Morgan fingerprint density at radius 2 is 1.61 bits per heavy atom. The highest BCUT2D eigenvalue weighted by molar-refractivity contribution is 14.1. The zero-order chi connectivity index (χ0) is 19.9. The van der Waals surface area contributed by atoms with Crippen LogP contribution in [0.2, 0.25) is 0 Å². The second-order valence-corrected chi connectivity index (χ2v) is 7.83. The van der Waals surface area contributed by atoms with Crippen LogP contribution < -0.4 is 10.7 Å². The summed E-state index contributed by atoms with van der Waals surface area (Å²) in [7, 11) is 0. The molecular formula is C21H15BrIN3O2. The highest BCUT2D eigenvalue weighted by Crippen LogP contribution is 2.20. The van der Waals surface area contributed by atoms with Crippen LogP contribution in [0.5, 0.6) is 0 Å². The van der Waals surface area contributed by atoms with Crippen molar-refractivity contribution in [3.05, 3.63) is 97.5 Å². The summed E-state index contributed by atoms with van der Waals surface area (Å²) in [6, 6.07) is 21.6. The third kappa shape index (κ3) is 5.26. The Balaban J connectivity index is 1.73. The quantitative estimate of drug-likeness (QED) is 0.266. The highest BCUT2D eigenvalue weighted by atomic mass is 127. The Hall–Kier alpha value is -2.52. The molecule has 0 aliphatic carbocycles. The van der Waals surface area contributed by atoms with E-state index in [1.54, 1.807) is 48.7 Å². The molecule has 140 valence electrons. The molecule has 28 heavy (non-hydrogen) atoms. The molecule has 2 N–H and O–H groups in total. The van der Waals surface area contributed by atoms with Gasteiger partial charge in [0, 0.05) is 8.04 Å². The van der Waals surface area contributed by atoms with E-state index >= 15 is 0 Å². The van der Waals surface area contributed by atoms with E-state index in [0.29, 0.717) is 21.3 Å². The lowest BCUT2D eigenvalue weighted by molar-refractivity contribution is 0.0956. The highest BCUT2D eigenvalue weighted by Gasteiger charge is 2.15. The van der Waals surface area contributed by atoms with Gasteiger partial charge in [-0.15, -0.1) is 0 Å². The average Bonchev–Trinajstić information content (AvgIpc) is 2.68. The topological polar surface area (TPSA) is 70.6 Å². The maximum absolute atomic E-state index is 12.5. The van der Waals surface area contributed by atoms with Crippen LogP contribution >= 0.6 is 38.5 Å². The predicted molar refractivity (Wildman–Crippen MR) is 123 cm³/mol. The number of nitrogens with one attached hydrogen (secondary N) is 2. The van der Waals surface area contributed by atoms with Crippen molar-refractivity contribution in [1.82, 2.24) is 5.43 Å². The molecule has 0 bridgehead atoms. The molecule has 0 heterocycles. The minimum atomic E-state index is -0.412. The number of carbonyl (C=O) groups is 2. The fourth-order valence-corrected chi connectivity index (χ4v) is 3.47. The molecular weight excluding hydrogens is 533 g/mol. The molecule has 0 aliphatic heterocycles. The summed E-state index contributed by atoms with van der Waals surface area (Å²) in [4.78, 5) is 25.1. The number of hydrazone groups is 1. The molecule has 7 heteroatoms. The number of rotatable bonds is 5. The van der Waals surface area contributed by atoms with Crippen LogP contribution in [-0.2, 0) is 0 Å². The standard InChI is InChI=1S/C21H15BrIN3O2/c22-18-10-3-1-8-16(18)20(27)25-19-11-4-2-9-17(19)21(28)26-24-13-14-6-5-7-15(23)12-14/h1-13H,(H,25,27)(H,26,28). The van der Waals surface area contributed by atoms with Gasteiger partial charge in [0.25, 0.3) is 11.8 Å². The molecule has 0 unspecified atom stereocenters. The molecule has 0 radical (unpaired) electrons. The number of amides is 2. The molecule has 0 saturated heterocycles. The van der Waals surface area contributed by atoms with E-state index in [9.17, 15) is 9.59 Å². The van der Waals surface area contributed by atoms with E-state index in [0.717, 1.165) is 9.13 Å². The van der Waals surface area contributed by atoms with Gasteiger partial charge in [-0.05, 0) is 80.5 Å². The molecule has 0 spiro atoms. The number of hydrogen-bond acceptors (Lipinski definition) is 3. The summed E-state index contributed by atoms with van der Waals surface area (Å²) in [6.45, 7) is 0. The van der Waals surface area contributed by atoms with Crippen molar-refractivity contribution in [2.24, 2.45) is 5.10 Å². The largest absolute Gasteiger partial charge is 0.321 e. The van der Waals surface area contributed by atoms with Crippen molar-refractivity contribution in [2.45, 2.75) is 0 Å². The third-order valence-electron chi connectivity index (χ3n) is 3.77. The molecule has 3 aromatic carbocycles.